The van der Waals surface area contributed by atoms with E-state index in [-0.39, 0.29) is 5.78 Å². The van der Waals surface area contributed by atoms with Crippen molar-refractivity contribution in [1.82, 2.24) is 0 Å². The molecule has 0 spiro atoms. The number of carbonyl (C=O) groups is 1. The summed E-state index contributed by atoms with van der Waals surface area (Å²) in [5, 5.41) is 0. The van der Waals surface area contributed by atoms with Crippen LogP contribution < -0.4 is 4.74 Å². The van der Waals surface area contributed by atoms with E-state index in [4.69, 9.17) is 4.74 Å². The molecule has 0 aliphatic carbocycles. The summed E-state index contributed by atoms with van der Waals surface area (Å²) in [6.45, 7) is 4.00. The quantitative estimate of drug-likeness (QED) is 0.717. The van der Waals surface area contributed by atoms with Crippen molar-refractivity contribution < 1.29 is 9.53 Å². The molecule has 0 fully saturated rings. The summed E-state index contributed by atoms with van der Waals surface area (Å²) in [4.78, 5) is 12.2. The molecule has 1 heterocycles. The molecule has 2 heteroatoms. The molecule has 0 N–H and O–H groups in total. The highest BCUT2D eigenvalue weighted by Gasteiger charge is 2.26. The summed E-state index contributed by atoms with van der Waals surface area (Å²) >= 11 is 0. The van der Waals surface area contributed by atoms with Crippen molar-refractivity contribution in [2.24, 2.45) is 0 Å². The summed E-state index contributed by atoms with van der Waals surface area (Å²) in [7, 11) is 0. The molecule has 2 aromatic carbocycles. The monoisotopic (exact) mass is 250 g/mol. The Kier molecular flexibility index (Phi) is 2.71. The number of rotatable bonds is 1. The fourth-order valence-electron chi connectivity index (χ4n) is 2.12. The van der Waals surface area contributed by atoms with E-state index in [9.17, 15) is 4.79 Å². The van der Waals surface area contributed by atoms with Crippen LogP contribution in [0.25, 0.3) is 6.08 Å². The molecule has 0 aromatic heterocycles. The molecule has 19 heavy (non-hydrogen) atoms. The van der Waals surface area contributed by atoms with E-state index < -0.39 is 0 Å². The fraction of sp³-hybridized carbons (Fsp3) is 0.118. The highest BCUT2D eigenvalue weighted by molar-refractivity contribution is 6.14. The lowest BCUT2D eigenvalue weighted by atomic mass is 10.1. The second-order valence-corrected chi connectivity index (χ2v) is 4.85. The van der Waals surface area contributed by atoms with Crippen LogP contribution in [-0.4, -0.2) is 5.78 Å². The van der Waals surface area contributed by atoms with Crippen molar-refractivity contribution in [3.05, 3.63) is 70.5 Å². The average molecular weight is 250 g/mol. The molecule has 0 saturated heterocycles. The van der Waals surface area contributed by atoms with E-state index in [0.29, 0.717) is 17.1 Å². The van der Waals surface area contributed by atoms with E-state index in [1.807, 2.05) is 56.3 Å². The smallest absolute Gasteiger partial charge is 0.231 e. The van der Waals surface area contributed by atoms with Gasteiger partial charge in [0.2, 0.25) is 5.78 Å². The SMILES string of the molecule is Cc1ccc(C=C2Oc3ccc(C)cc3C2=O)cc1. The van der Waals surface area contributed by atoms with Gasteiger partial charge in [-0.05, 0) is 37.6 Å². The number of Topliss-reactive ketones (excluding diaryl/α,β-unsaturated/α-hetero) is 1. The third kappa shape index (κ3) is 2.17. The fourth-order valence-corrected chi connectivity index (χ4v) is 2.12. The van der Waals surface area contributed by atoms with Crippen LogP contribution in [-0.2, 0) is 0 Å². The Hall–Kier alpha value is -2.35. The van der Waals surface area contributed by atoms with Crippen LogP contribution in [0.4, 0.5) is 0 Å². The molecular formula is C17H14O2. The average Bonchev–Trinajstić information content (AvgIpc) is 2.70. The highest BCUT2D eigenvalue weighted by atomic mass is 16.5. The van der Waals surface area contributed by atoms with Crippen molar-refractivity contribution in [2.45, 2.75) is 13.8 Å². The Bertz CT molecular complexity index is 679. The minimum atomic E-state index is -0.0423. The van der Waals surface area contributed by atoms with Crippen LogP contribution in [0.3, 0.4) is 0 Å². The maximum atomic E-state index is 12.2. The summed E-state index contributed by atoms with van der Waals surface area (Å²) < 4.78 is 5.62. The third-order valence-electron chi connectivity index (χ3n) is 3.20. The Balaban J connectivity index is 1.97. The number of benzene rings is 2. The molecule has 94 valence electrons. The molecule has 2 aromatic rings. The van der Waals surface area contributed by atoms with Crippen LogP contribution in [0, 0.1) is 13.8 Å². The minimum Gasteiger partial charge on any atom is -0.452 e. The zero-order valence-electron chi connectivity index (χ0n) is 10.9. The molecule has 2 nitrogen and oxygen atoms in total. The van der Waals surface area contributed by atoms with Gasteiger partial charge in [-0.15, -0.1) is 0 Å². The van der Waals surface area contributed by atoms with Gasteiger partial charge >= 0.3 is 0 Å². The normalized spacial score (nSPS) is 15.5. The van der Waals surface area contributed by atoms with Gasteiger partial charge in [0.05, 0.1) is 5.56 Å². The number of ketones is 1. The van der Waals surface area contributed by atoms with E-state index in [1.54, 1.807) is 6.08 Å². The van der Waals surface area contributed by atoms with E-state index >= 15 is 0 Å². The van der Waals surface area contributed by atoms with Crippen LogP contribution in [0.5, 0.6) is 5.75 Å². The lowest BCUT2D eigenvalue weighted by Crippen LogP contribution is -1.98. The molecule has 0 radical (unpaired) electrons. The van der Waals surface area contributed by atoms with Crippen molar-refractivity contribution >= 4 is 11.9 Å². The summed E-state index contributed by atoms with van der Waals surface area (Å²) in [5.41, 5.74) is 3.88. The van der Waals surface area contributed by atoms with Gasteiger partial charge in [-0.1, -0.05) is 41.5 Å². The number of fused-ring (bicyclic) bond motifs is 1. The number of allylic oxidation sites excluding steroid dienone is 1. The van der Waals surface area contributed by atoms with Crippen molar-refractivity contribution in [1.29, 1.82) is 0 Å². The Morgan fingerprint density at radius 2 is 1.63 bits per heavy atom. The van der Waals surface area contributed by atoms with Crippen molar-refractivity contribution in [2.75, 3.05) is 0 Å². The first-order chi connectivity index (χ1) is 9.13. The Morgan fingerprint density at radius 1 is 0.947 bits per heavy atom. The van der Waals surface area contributed by atoms with Crippen LogP contribution in [0.2, 0.25) is 0 Å². The highest BCUT2D eigenvalue weighted by Crippen LogP contribution is 2.32. The van der Waals surface area contributed by atoms with Crippen LogP contribution in [0.1, 0.15) is 27.0 Å². The van der Waals surface area contributed by atoms with Crippen molar-refractivity contribution in [3.63, 3.8) is 0 Å². The lowest BCUT2D eigenvalue weighted by Gasteiger charge is -1.99. The van der Waals surface area contributed by atoms with Gasteiger partial charge in [-0.3, -0.25) is 4.79 Å². The first-order valence-corrected chi connectivity index (χ1v) is 6.25. The number of carbonyl (C=O) groups excluding carboxylic acids is 1. The number of hydrogen-bond acceptors (Lipinski definition) is 2. The first-order valence-electron chi connectivity index (χ1n) is 6.25. The molecule has 0 bridgehead atoms. The zero-order chi connectivity index (χ0) is 13.4. The number of ether oxygens (including phenoxy) is 1. The summed E-state index contributed by atoms with van der Waals surface area (Å²) in [6.07, 6.45) is 1.79. The molecule has 1 aliphatic rings. The van der Waals surface area contributed by atoms with E-state index in [0.717, 1.165) is 11.1 Å². The van der Waals surface area contributed by atoms with Gasteiger partial charge in [-0.2, -0.15) is 0 Å². The first kappa shape index (κ1) is 11.7. The summed E-state index contributed by atoms with van der Waals surface area (Å²) in [5.74, 6) is 0.998. The molecule has 0 saturated carbocycles. The van der Waals surface area contributed by atoms with Gasteiger partial charge in [0.25, 0.3) is 0 Å². The maximum Gasteiger partial charge on any atom is 0.231 e. The Labute approximate surface area is 112 Å². The third-order valence-corrected chi connectivity index (χ3v) is 3.20. The predicted molar refractivity (Wildman–Crippen MR) is 75.3 cm³/mol. The van der Waals surface area contributed by atoms with Gasteiger partial charge in [-0.25, -0.2) is 0 Å². The van der Waals surface area contributed by atoms with Crippen LogP contribution in [0.15, 0.2) is 48.2 Å². The molecule has 3 rings (SSSR count). The Morgan fingerprint density at radius 3 is 2.37 bits per heavy atom. The molecule has 1 aliphatic heterocycles. The predicted octanol–water partition coefficient (Wildman–Crippen LogP) is 3.92. The van der Waals surface area contributed by atoms with Crippen molar-refractivity contribution in [3.8, 4) is 5.75 Å². The minimum absolute atomic E-state index is 0.0423. The van der Waals surface area contributed by atoms with Crippen LogP contribution >= 0.6 is 0 Å². The second kappa shape index (κ2) is 4.39. The number of aryl methyl sites for hydroxylation is 2. The number of hydrogen-bond donors (Lipinski definition) is 0. The zero-order valence-corrected chi connectivity index (χ0v) is 10.9. The maximum absolute atomic E-state index is 12.2. The molecular weight excluding hydrogens is 236 g/mol. The summed E-state index contributed by atoms with van der Waals surface area (Å²) in [6, 6.07) is 13.7. The topological polar surface area (TPSA) is 26.3 Å². The molecule has 0 unspecified atom stereocenters. The molecule has 0 amide bonds. The largest absolute Gasteiger partial charge is 0.452 e. The second-order valence-electron chi connectivity index (χ2n) is 4.85. The van der Waals surface area contributed by atoms with Gasteiger partial charge in [0.1, 0.15) is 5.75 Å². The molecule has 0 atom stereocenters. The standard InChI is InChI=1S/C17H14O2/c1-11-3-6-13(7-4-11)10-16-17(18)14-9-12(2)5-8-15(14)19-16/h3-10H,1-2H3. The van der Waals surface area contributed by atoms with Gasteiger partial charge < -0.3 is 4.74 Å². The lowest BCUT2D eigenvalue weighted by molar-refractivity contribution is 0.101. The van der Waals surface area contributed by atoms with Gasteiger partial charge in [0, 0.05) is 0 Å². The van der Waals surface area contributed by atoms with Gasteiger partial charge in [0.15, 0.2) is 5.76 Å². The van der Waals surface area contributed by atoms with E-state index in [2.05, 4.69) is 0 Å². The van der Waals surface area contributed by atoms with E-state index in [1.165, 1.54) is 5.56 Å².